The summed E-state index contributed by atoms with van der Waals surface area (Å²) >= 11 is 0. The first-order valence-corrected chi connectivity index (χ1v) is 9.67. The molecular weight excluding hydrogens is 384 g/mol. The SMILES string of the molecule is Cc1ccc(-c2nc(-c3ccccc3O)nc(-c3ccccc3O)n2)cc1.[B]C.[B]C. The highest BCUT2D eigenvalue weighted by molar-refractivity contribution is 6.05. The summed E-state index contributed by atoms with van der Waals surface area (Å²) in [7, 11) is 9.00. The largest absolute Gasteiger partial charge is 0.507 e. The van der Waals surface area contributed by atoms with Gasteiger partial charge in [0.15, 0.2) is 17.5 Å². The Morgan fingerprint density at radius 2 is 0.935 bits per heavy atom. The zero-order valence-corrected chi connectivity index (χ0v) is 17.8. The van der Waals surface area contributed by atoms with Crippen molar-refractivity contribution in [1.29, 1.82) is 0 Å². The van der Waals surface area contributed by atoms with Gasteiger partial charge in [-0.2, -0.15) is 0 Å². The fraction of sp³-hybridized carbons (Fsp3) is 0.125. The van der Waals surface area contributed by atoms with Gasteiger partial charge in [0, 0.05) is 5.56 Å². The van der Waals surface area contributed by atoms with Crippen molar-refractivity contribution in [1.82, 2.24) is 15.0 Å². The number of aryl methyl sites for hydroxylation is 1. The van der Waals surface area contributed by atoms with Crippen molar-refractivity contribution in [3.05, 3.63) is 78.4 Å². The number of benzene rings is 3. The van der Waals surface area contributed by atoms with E-state index in [0.717, 1.165) is 11.1 Å². The van der Waals surface area contributed by atoms with Crippen LogP contribution in [0.1, 0.15) is 5.56 Å². The fourth-order valence-electron chi connectivity index (χ4n) is 2.77. The Kier molecular flexibility index (Phi) is 8.82. The molecule has 0 saturated heterocycles. The van der Waals surface area contributed by atoms with Gasteiger partial charge in [-0.05, 0) is 31.2 Å². The molecular formula is C24H23B2N3O2. The van der Waals surface area contributed by atoms with E-state index in [1.807, 2.05) is 43.3 Å². The highest BCUT2D eigenvalue weighted by Gasteiger charge is 2.15. The molecule has 0 saturated carbocycles. The Labute approximate surface area is 185 Å². The number of phenolic OH excluding ortho intramolecular Hbond substituents is 2. The van der Waals surface area contributed by atoms with Crippen molar-refractivity contribution in [2.45, 2.75) is 20.6 Å². The quantitative estimate of drug-likeness (QED) is 0.468. The fourth-order valence-corrected chi connectivity index (χ4v) is 2.77. The van der Waals surface area contributed by atoms with Crippen LogP contribution in [0.2, 0.25) is 13.6 Å². The number of phenols is 2. The molecule has 1 aromatic heterocycles. The first-order valence-electron chi connectivity index (χ1n) is 9.67. The first-order chi connectivity index (χ1) is 15.1. The van der Waals surface area contributed by atoms with E-state index in [-0.39, 0.29) is 11.5 Å². The van der Waals surface area contributed by atoms with Crippen LogP contribution in [0, 0.1) is 6.92 Å². The molecule has 0 aliphatic heterocycles. The lowest BCUT2D eigenvalue weighted by atomic mass is 10.1. The lowest BCUT2D eigenvalue weighted by Gasteiger charge is -2.10. The van der Waals surface area contributed by atoms with E-state index in [1.165, 1.54) is 13.6 Å². The maximum absolute atomic E-state index is 10.2. The molecule has 0 fully saturated rings. The minimum atomic E-state index is 0.0850. The third kappa shape index (κ3) is 5.72. The summed E-state index contributed by atoms with van der Waals surface area (Å²) in [4.78, 5) is 13.6. The van der Waals surface area contributed by atoms with Gasteiger partial charge in [-0.3, -0.25) is 0 Å². The topological polar surface area (TPSA) is 79.1 Å². The number of hydrogen-bond acceptors (Lipinski definition) is 5. The van der Waals surface area contributed by atoms with Gasteiger partial charge in [0.05, 0.1) is 26.8 Å². The Hall–Kier alpha value is -3.60. The van der Waals surface area contributed by atoms with E-state index < -0.39 is 0 Å². The van der Waals surface area contributed by atoms with E-state index in [0.29, 0.717) is 28.6 Å². The molecule has 0 atom stereocenters. The van der Waals surface area contributed by atoms with E-state index >= 15 is 0 Å². The van der Waals surface area contributed by atoms with Gasteiger partial charge in [-0.25, -0.2) is 15.0 Å². The molecule has 31 heavy (non-hydrogen) atoms. The Morgan fingerprint density at radius 1 is 0.548 bits per heavy atom. The van der Waals surface area contributed by atoms with Crippen LogP contribution in [0.4, 0.5) is 0 Å². The second-order valence-corrected chi connectivity index (χ2v) is 6.21. The third-order valence-corrected chi connectivity index (χ3v) is 4.24. The summed E-state index contributed by atoms with van der Waals surface area (Å²) in [5.41, 5.74) is 2.97. The van der Waals surface area contributed by atoms with Crippen LogP contribution in [0.3, 0.4) is 0 Å². The summed E-state index contributed by atoms with van der Waals surface area (Å²) < 4.78 is 0. The maximum Gasteiger partial charge on any atom is 0.167 e. The second-order valence-electron chi connectivity index (χ2n) is 6.21. The van der Waals surface area contributed by atoms with Gasteiger partial charge in [0.1, 0.15) is 11.5 Å². The van der Waals surface area contributed by atoms with Crippen molar-refractivity contribution < 1.29 is 10.2 Å². The number of aromatic hydroxyl groups is 2. The normalized spacial score (nSPS) is 9.65. The number of rotatable bonds is 3. The lowest BCUT2D eigenvalue weighted by molar-refractivity contribution is 0.477. The van der Waals surface area contributed by atoms with Crippen molar-refractivity contribution in [2.24, 2.45) is 0 Å². The second kappa shape index (κ2) is 11.6. The maximum atomic E-state index is 10.2. The molecule has 0 unspecified atom stereocenters. The Bertz CT molecular complexity index is 1060. The van der Waals surface area contributed by atoms with Gasteiger partial charge in [-0.15, -0.1) is 0 Å². The average Bonchev–Trinajstić information content (AvgIpc) is 2.82. The van der Waals surface area contributed by atoms with Crippen LogP contribution in [0.25, 0.3) is 34.2 Å². The standard InChI is InChI=1S/C22H17N3O2.2CH3B/c1-14-10-12-15(13-11-14)20-23-21(16-6-2-4-8-18(16)26)25-22(24-20)17-7-3-5-9-19(17)27;2*1-2/h2-13,26-27H,1H3;2*1H3. The van der Waals surface area contributed by atoms with Gasteiger partial charge < -0.3 is 10.2 Å². The molecule has 1 heterocycles. The Balaban J connectivity index is 0.000000807. The highest BCUT2D eigenvalue weighted by Crippen LogP contribution is 2.32. The van der Waals surface area contributed by atoms with Crippen LogP contribution < -0.4 is 0 Å². The number of para-hydroxylation sites is 2. The molecule has 0 amide bonds. The van der Waals surface area contributed by atoms with Gasteiger partial charge in [0.2, 0.25) is 0 Å². The highest BCUT2D eigenvalue weighted by atomic mass is 16.3. The molecule has 0 aliphatic rings. The predicted octanol–water partition coefficient (Wildman–Crippen LogP) is 5.00. The molecule has 0 bridgehead atoms. The van der Waals surface area contributed by atoms with Crippen LogP contribution in [-0.4, -0.2) is 40.9 Å². The van der Waals surface area contributed by atoms with Crippen LogP contribution in [-0.2, 0) is 0 Å². The van der Waals surface area contributed by atoms with Crippen LogP contribution in [0.5, 0.6) is 11.5 Å². The average molecular weight is 407 g/mol. The molecule has 3 aromatic carbocycles. The molecule has 7 heteroatoms. The van der Waals surface area contributed by atoms with Gasteiger partial charge in [0.25, 0.3) is 0 Å². The molecule has 152 valence electrons. The van der Waals surface area contributed by atoms with E-state index in [1.54, 1.807) is 36.4 Å². The molecule has 4 radical (unpaired) electrons. The minimum Gasteiger partial charge on any atom is -0.507 e. The van der Waals surface area contributed by atoms with Crippen molar-refractivity contribution in [3.8, 4) is 45.7 Å². The van der Waals surface area contributed by atoms with Crippen molar-refractivity contribution in [3.63, 3.8) is 0 Å². The summed E-state index contributed by atoms with van der Waals surface area (Å²) in [5.74, 6) is 1.33. The van der Waals surface area contributed by atoms with E-state index in [2.05, 4.69) is 30.6 Å². The lowest BCUT2D eigenvalue weighted by Crippen LogP contribution is -2.00. The monoisotopic (exact) mass is 407 g/mol. The van der Waals surface area contributed by atoms with E-state index in [4.69, 9.17) is 0 Å². The molecule has 2 N–H and O–H groups in total. The Morgan fingerprint density at radius 3 is 1.35 bits per heavy atom. The smallest absolute Gasteiger partial charge is 0.167 e. The molecule has 5 nitrogen and oxygen atoms in total. The minimum absolute atomic E-state index is 0.0850. The number of hydrogen-bond donors (Lipinski definition) is 2. The summed E-state index contributed by atoms with van der Waals surface area (Å²) in [6.45, 7) is 5.01. The van der Waals surface area contributed by atoms with E-state index in [9.17, 15) is 10.2 Å². The van der Waals surface area contributed by atoms with Gasteiger partial charge >= 0.3 is 0 Å². The number of aromatic nitrogens is 3. The van der Waals surface area contributed by atoms with Crippen molar-refractivity contribution in [2.75, 3.05) is 0 Å². The summed E-state index contributed by atoms with van der Waals surface area (Å²) in [5, 5.41) is 20.5. The predicted molar refractivity (Wildman–Crippen MR) is 127 cm³/mol. The zero-order valence-electron chi connectivity index (χ0n) is 17.8. The summed E-state index contributed by atoms with van der Waals surface area (Å²) in [6.07, 6.45) is 0. The number of nitrogens with zero attached hydrogens (tertiary/aromatic N) is 3. The third-order valence-electron chi connectivity index (χ3n) is 4.24. The molecule has 0 spiro atoms. The summed E-state index contributed by atoms with van der Waals surface area (Å²) in [6, 6.07) is 21.6. The van der Waals surface area contributed by atoms with Crippen LogP contribution >= 0.6 is 0 Å². The molecule has 4 aromatic rings. The molecule has 0 aliphatic carbocycles. The van der Waals surface area contributed by atoms with Crippen molar-refractivity contribution >= 4 is 15.7 Å². The first kappa shape index (κ1) is 23.7. The zero-order chi connectivity index (χ0) is 22.8. The molecule has 4 rings (SSSR count). The van der Waals surface area contributed by atoms with Gasteiger partial charge in [-0.1, -0.05) is 67.7 Å². The van der Waals surface area contributed by atoms with Crippen LogP contribution in [0.15, 0.2) is 72.8 Å².